The first-order valence-corrected chi connectivity index (χ1v) is 11.6. The second kappa shape index (κ2) is 10.9. The molecule has 9 heteroatoms. The molecule has 2 aromatic rings. The molecule has 0 heterocycles. The Morgan fingerprint density at radius 2 is 1.55 bits per heavy atom. The maximum Gasteiger partial charge on any atom is 0.411 e. The van der Waals surface area contributed by atoms with Gasteiger partial charge in [0, 0.05) is 30.0 Å². The zero-order valence-corrected chi connectivity index (χ0v) is 19.0. The molecule has 0 fully saturated rings. The number of sulfonamides is 1. The first-order valence-electron chi connectivity index (χ1n) is 10.1. The van der Waals surface area contributed by atoms with Gasteiger partial charge in [-0.15, -0.1) is 0 Å². The largest absolute Gasteiger partial charge is 0.449 e. The molecular weight excluding hydrogens is 418 g/mol. The van der Waals surface area contributed by atoms with Crippen molar-refractivity contribution < 1.29 is 22.7 Å². The van der Waals surface area contributed by atoms with Crippen LogP contribution in [0.5, 0.6) is 0 Å². The molecule has 0 aliphatic rings. The molecule has 0 saturated heterocycles. The smallest absolute Gasteiger partial charge is 0.411 e. The van der Waals surface area contributed by atoms with Crippen LogP contribution < -0.4 is 10.6 Å². The Bertz CT molecular complexity index is 1000. The molecule has 0 saturated carbocycles. The van der Waals surface area contributed by atoms with Crippen molar-refractivity contribution >= 4 is 33.4 Å². The van der Waals surface area contributed by atoms with Crippen LogP contribution in [0, 0.1) is 5.92 Å². The van der Waals surface area contributed by atoms with Crippen LogP contribution in [0.4, 0.5) is 16.2 Å². The summed E-state index contributed by atoms with van der Waals surface area (Å²) in [6, 6.07) is 12.4. The summed E-state index contributed by atoms with van der Waals surface area (Å²) in [5.41, 5.74) is 1.27. The van der Waals surface area contributed by atoms with Gasteiger partial charge in [-0.25, -0.2) is 13.2 Å². The molecule has 31 heavy (non-hydrogen) atoms. The lowest BCUT2D eigenvalue weighted by Gasteiger charge is -2.18. The van der Waals surface area contributed by atoms with Gasteiger partial charge in [0.2, 0.25) is 10.0 Å². The number of hydrogen-bond acceptors (Lipinski definition) is 5. The number of amides is 2. The Balaban J connectivity index is 2.06. The van der Waals surface area contributed by atoms with E-state index in [9.17, 15) is 18.0 Å². The summed E-state index contributed by atoms with van der Waals surface area (Å²) in [7, 11) is -3.58. The third-order valence-electron chi connectivity index (χ3n) is 4.37. The highest BCUT2D eigenvalue weighted by Gasteiger charge is 2.21. The normalized spacial score (nSPS) is 11.4. The van der Waals surface area contributed by atoms with Crippen molar-refractivity contribution in [2.24, 2.45) is 5.92 Å². The summed E-state index contributed by atoms with van der Waals surface area (Å²) in [6.45, 7) is 8.48. The summed E-state index contributed by atoms with van der Waals surface area (Å²) in [5.74, 6) is -0.170. The van der Waals surface area contributed by atoms with Gasteiger partial charge in [0.15, 0.2) is 0 Å². The molecule has 0 aliphatic carbocycles. The van der Waals surface area contributed by atoms with E-state index in [-0.39, 0.29) is 10.8 Å². The van der Waals surface area contributed by atoms with Crippen molar-refractivity contribution in [3.8, 4) is 0 Å². The number of ether oxygens (including phenoxy) is 1. The van der Waals surface area contributed by atoms with Crippen molar-refractivity contribution in [1.82, 2.24) is 4.31 Å². The molecule has 2 aromatic carbocycles. The van der Waals surface area contributed by atoms with Crippen LogP contribution in [0.15, 0.2) is 53.4 Å². The van der Waals surface area contributed by atoms with Gasteiger partial charge in [0.25, 0.3) is 5.91 Å². The fraction of sp³-hybridized carbons (Fsp3) is 0.364. The Morgan fingerprint density at radius 3 is 2.10 bits per heavy atom. The zero-order valence-electron chi connectivity index (χ0n) is 18.2. The third kappa shape index (κ3) is 6.80. The van der Waals surface area contributed by atoms with E-state index in [1.54, 1.807) is 38.1 Å². The van der Waals surface area contributed by atoms with Crippen molar-refractivity contribution in [3.63, 3.8) is 0 Å². The number of benzene rings is 2. The molecule has 0 radical (unpaired) electrons. The highest BCUT2D eigenvalue weighted by Crippen LogP contribution is 2.19. The molecule has 0 spiro atoms. The number of carbonyl (C=O) groups excluding carboxylic acids is 2. The van der Waals surface area contributed by atoms with E-state index >= 15 is 0 Å². The third-order valence-corrected chi connectivity index (χ3v) is 6.44. The van der Waals surface area contributed by atoms with Gasteiger partial charge in [-0.3, -0.25) is 10.1 Å². The van der Waals surface area contributed by atoms with E-state index < -0.39 is 22.0 Å². The molecular formula is C22H29N3O5S. The number of rotatable bonds is 9. The van der Waals surface area contributed by atoms with E-state index in [1.165, 1.54) is 28.6 Å². The van der Waals surface area contributed by atoms with E-state index in [4.69, 9.17) is 4.74 Å². The second-order valence-electron chi connectivity index (χ2n) is 7.27. The highest BCUT2D eigenvalue weighted by molar-refractivity contribution is 7.89. The Morgan fingerprint density at radius 1 is 0.968 bits per heavy atom. The van der Waals surface area contributed by atoms with Crippen LogP contribution >= 0.6 is 0 Å². The number of carbonyl (C=O) groups is 2. The van der Waals surface area contributed by atoms with E-state index in [0.29, 0.717) is 36.6 Å². The molecule has 0 aliphatic heterocycles. The van der Waals surface area contributed by atoms with Gasteiger partial charge < -0.3 is 10.1 Å². The first-order chi connectivity index (χ1) is 14.7. The monoisotopic (exact) mass is 447 g/mol. The maximum atomic E-state index is 12.6. The summed E-state index contributed by atoms with van der Waals surface area (Å²) in [5, 5.41) is 5.35. The molecule has 8 nitrogen and oxygen atoms in total. The standard InChI is InChI=1S/C22H29N3O5S/c1-5-25(6-2)31(28,29)20-12-10-17(11-13-20)21(26)23-18-8-7-9-19(14-18)24-22(27)30-15-16(3)4/h7-14,16H,5-6,15H2,1-4H3,(H,23,26)(H,24,27). The van der Waals surface area contributed by atoms with Crippen LogP contribution in [0.2, 0.25) is 0 Å². The van der Waals surface area contributed by atoms with Crippen LogP contribution in [0.1, 0.15) is 38.1 Å². The van der Waals surface area contributed by atoms with E-state index in [0.717, 1.165) is 0 Å². The Labute approximate surface area is 183 Å². The van der Waals surface area contributed by atoms with Crippen molar-refractivity contribution in [1.29, 1.82) is 0 Å². The van der Waals surface area contributed by atoms with Gasteiger partial charge in [-0.1, -0.05) is 33.8 Å². The molecule has 2 rings (SSSR count). The number of anilines is 2. The number of nitrogens with zero attached hydrogens (tertiary/aromatic N) is 1. The minimum atomic E-state index is -3.58. The highest BCUT2D eigenvalue weighted by atomic mass is 32.2. The fourth-order valence-electron chi connectivity index (χ4n) is 2.77. The fourth-order valence-corrected chi connectivity index (χ4v) is 4.22. The zero-order chi connectivity index (χ0) is 23.0. The van der Waals surface area contributed by atoms with Crippen molar-refractivity contribution in [2.75, 3.05) is 30.3 Å². The van der Waals surface area contributed by atoms with Crippen molar-refractivity contribution in [2.45, 2.75) is 32.6 Å². The number of hydrogen-bond donors (Lipinski definition) is 2. The quantitative estimate of drug-likeness (QED) is 0.600. The lowest BCUT2D eigenvalue weighted by atomic mass is 10.2. The lowest BCUT2D eigenvalue weighted by molar-refractivity contribution is 0.102. The molecule has 0 unspecified atom stereocenters. The Hall–Kier alpha value is -2.91. The van der Waals surface area contributed by atoms with E-state index in [1.807, 2.05) is 13.8 Å². The van der Waals surface area contributed by atoms with Crippen molar-refractivity contribution in [3.05, 3.63) is 54.1 Å². The molecule has 2 N–H and O–H groups in total. The van der Waals surface area contributed by atoms with Gasteiger partial charge in [-0.2, -0.15) is 4.31 Å². The van der Waals surface area contributed by atoms with Crippen LogP contribution in [-0.2, 0) is 14.8 Å². The minimum absolute atomic E-state index is 0.138. The predicted octanol–water partition coefficient (Wildman–Crippen LogP) is 4.17. The molecule has 168 valence electrons. The lowest BCUT2D eigenvalue weighted by Crippen LogP contribution is -2.30. The van der Waals surface area contributed by atoms with E-state index in [2.05, 4.69) is 10.6 Å². The van der Waals surface area contributed by atoms with Crippen LogP contribution in [-0.4, -0.2) is 44.4 Å². The van der Waals surface area contributed by atoms with Gasteiger partial charge >= 0.3 is 6.09 Å². The van der Waals surface area contributed by atoms with Crippen LogP contribution in [0.3, 0.4) is 0 Å². The van der Waals surface area contributed by atoms with Gasteiger partial charge in [-0.05, 0) is 48.4 Å². The average molecular weight is 448 g/mol. The van der Waals surface area contributed by atoms with Gasteiger partial charge in [0.05, 0.1) is 11.5 Å². The molecule has 0 aromatic heterocycles. The summed E-state index contributed by atoms with van der Waals surface area (Å²) < 4.78 is 31.5. The second-order valence-corrected chi connectivity index (χ2v) is 9.20. The van der Waals surface area contributed by atoms with Crippen LogP contribution in [0.25, 0.3) is 0 Å². The minimum Gasteiger partial charge on any atom is -0.449 e. The summed E-state index contributed by atoms with van der Waals surface area (Å²) >= 11 is 0. The average Bonchev–Trinajstić information content (AvgIpc) is 2.73. The van der Waals surface area contributed by atoms with Gasteiger partial charge in [0.1, 0.15) is 0 Å². The Kier molecular flexibility index (Phi) is 8.58. The number of nitrogens with one attached hydrogen (secondary N) is 2. The summed E-state index contributed by atoms with van der Waals surface area (Å²) in [6.07, 6.45) is -0.567. The molecule has 0 bridgehead atoms. The maximum absolute atomic E-state index is 12.6. The molecule has 2 amide bonds. The SMILES string of the molecule is CCN(CC)S(=O)(=O)c1ccc(C(=O)Nc2cccc(NC(=O)OCC(C)C)c2)cc1. The first kappa shape index (κ1) is 24.4. The summed E-state index contributed by atoms with van der Waals surface area (Å²) in [4.78, 5) is 24.5. The molecule has 0 atom stereocenters. The topological polar surface area (TPSA) is 105 Å². The predicted molar refractivity (Wildman–Crippen MR) is 121 cm³/mol.